The van der Waals surface area contributed by atoms with E-state index in [1.165, 1.54) is 29.9 Å². The molecule has 1 aliphatic heterocycles. The first kappa shape index (κ1) is 14.8. The van der Waals surface area contributed by atoms with E-state index in [0.717, 1.165) is 18.2 Å². The molecule has 1 atom stereocenters. The van der Waals surface area contributed by atoms with E-state index in [2.05, 4.69) is 14.5 Å². The van der Waals surface area contributed by atoms with Gasteiger partial charge in [-0.25, -0.2) is 9.97 Å². The molecular weight excluding hydrogens is 312 g/mol. The summed E-state index contributed by atoms with van der Waals surface area (Å²) in [6, 6.07) is 0. The number of rotatable bonds is 5. The van der Waals surface area contributed by atoms with Crippen LogP contribution in [0.15, 0.2) is 17.2 Å². The lowest BCUT2D eigenvalue weighted by atomic mass is 9.98. The summed E-state index contributed by atoms with van der Waals surface area (Å²) in [4.78, 5) is 23.1. The third kappa shape index (κ3) is 3.03. The zero-order valence-electron chi connectivity index (χ0n) is 13.1. The van der Waals surface area contributed by atoms with Crippen LogP contribution in [0.1, 0.15) is 40.6 Å². The van der Waals surface area contributed by atoms with Crippen molar-refractivity contribution in [3.63, 3.8) is 0 Å². The maximum absolute atomic E-state index is 12.6. The van der Waals surface area contributed by atoms with Crippen LogP contribution in [0.4, 0.5) is 0 Å². The molecule has 23 heavy (non-hydrogen) atoms. The minimum atomic E-state index is -0.0188. The zero-order valence-corrected chi connectivity index (χ0v) is 14.0. The van der Waals surface area contributed by atoms with Crippen LogP contribution < -0.4 is 0 Å². The van der Waals surface area contributed by atoms with Crippen LogP contribution in [-0.2, 0) is 18.3 Å². The van der Waals surface area contributed by atoms with Crippen LogP contribution >= 0.6 is 11.3 Å². The molecule has 0 N–H and O–H groups in total. The molecular formula is C16H20N4O2S. The Balaban J connectivity index is 1.51. The molecule has 3 heterocycles. The fraction of sp³-hybridized carbons (Fsp3) is 0.562. The number of ether oxygens (including phenoxy) is 1. The molecule has 4 rings (SSSR count). The highest BCUT2D eigenvalue weighted by Gasteiger charge is 2.33. The second-order valence-corrected chi connectivity index (χ2v) is 7.14. The number of imidazole rings is 1. The number of aromatic nitrogens is 3. The molecule has 2 aromatic heterocycles. The van der Waals surface area contributed by atoms with E-state index in [-0.39, 0.29) is 11.8 Å². The van der Waals surface area contributed by atoms with Gasteiger partial charge < -0.3 is 14.2 Å². The van der Waals surface area contributed by atoms with Gasteiger partial charge in [-0.1, -0.05) is 0 Å². The molecule has 0 unspecified atom stereocenters. The van der Waals surface area contributed by atoms with E-state index in [1.807, 2.05) is 18.3 Å². The van der Waals surface area contributed by atoms with Gasteiger partial charge in [-0.3, -0.25) is 4.79 Å². The second-order valence-electron chi connectivity index (χ2n) is 6.42. The van der Waals surface area contributed by atoms with Gasteiger partial charge in [0.15, 0.2) is 0 Å². The number of aryl methyl sites for hydroxylation is 1. The molecule has 122 valence electrons. The van der Waals surface area contributed by atoms with Gasteiger partial charge in [0.05, 0.1) is 30.7 Å². The summed E-state index contributed by atoms with van der Waals surface area (Å²) in [7, 11) is 2.01. The van der Waals surface area contributed by atoms with Crippen molar-refractivity contribution >= 4 is 17.2 Å². The van der Waals surface area contributed by atoms with Crippen molar-refractivity contribution in [3.8, 4) is 0 Å². The lowest BCUT2D eigenvalue weighted by Gasteiger charge is -2.32. The molecule has 0 bridgehead atoms. The average Bonchev–Trinajstić information content (AvgIpc) is 3.07. The molecule has 0 aromatic carbocycles. The molecule has 1 saturated carbocycles. The maximum atomic E-state index is 12.6. The van der Waals surface area contributed by atoms with Crippen molar-refractivity contribution in [2.45, 2.75) is 25.3 Å². The van der Waals surface area contributed by atoms with E-state index in [4.69, 9.17) is 4.74 Å². The quantitative estimate of drug-likeness (QED) is 0.841. The van der Waals surface area contributed by atoms with Gasteiger partial charge in [0.25, 0.3) is 5.91 Å². The van der Waals surface area contributed by atoms with E-state index in [0.29, 0.717) is 25.4 Å². The smallest absolute Gasteiger partial charge is 0.273 e. The van der Waals surface area contributed by atoms with Crippen molar-refractivity contribution in [1.29, 1.82) is 0 Å². The Labute approximate surface area is 139 Å². The topological polar surface area (TPSA) is 60.2 Å². The van der Waals surface area contributed by atoms with Crippen LogP contribution in [0, 0.1) is 5.92 Å². The number of carbonyl (C=O) groups excluding carboxylic acids is 1. The second kappa shape index (κ2) is 6.05. The largest absolute Gasteiger partial charge is 0.380 e. The van der Waals surface area contributed by atoms with Crippen molar-refractivity contribution in [2.24, 2.45) is 13.0 Å². The summed E-state index contributed by atoms with van der Waals surface area (Å²) < 4.78 is 7.97. The van der Waals surface area contributed by atoms with E-state index in [9.17, 15) is 4.79 Å². The SMILES string of the molecule is Cn1cnc2c1[C@H](COCC1CC1)CN(C(=O)c1cscn1)C2. The summed E-state index contributed by atoms with van der Waals surface area (Å²) >= 11 is 1.44. The number of hydrogen-bond acceptors (Lipinski definition) is 5. The highest BCUT2D eigenvalue weighted by molar-refractivity contribution is 7.07. The molecule has 7 heteroatoms. The predicted molar refractivity (Wildman–Crippen MR) is 86.3 cm³/mol. The summed E-state index contributed by atoms with van der Waals surface area (Å²) in [5, 5.41) is 1.80. The highest BCUT2D eigenvalue weighted by atomic mass is 32.1. The first-order valence-electron chi connectivity index (χ1n) is 7.97. The highest BCUT2D eigenvalue weighted by Crippen LogP contribution is 2.31. The normalized spacial score (nSPS) is 20.6. The number of thiazole rings is 1. The van der Waals surface area contributed by atoms with Gasteiger partial charge in [-0.2, -0.15) is 0 Å². The molecule has 0 saturated heterocycles. The standard InChI is InChI=1S/C16H20N4O2S/c1-19-9-17-13-5-20(16(21)14-8-23-10-18-14)4-12(15(13)19)7-22-6-11-2-3-11/h8-12H,2-7H2,1H3/t12-/m0/s1. The summed E-state index contributed by atoms with van der Waals surface area (Å²) in [6.45, 7) is 2.69. The van der Waals surface area contributed by atoms with Crippen LogP contribution in [0.2, 0.25) is 0 Å². The van der Waals surface area contributed by atoms with Crippen LogP contribution in [0.25, 0.3) is 0 Å². The van der Waals surface area contributed by atoms with Gasteiger partial charge in [-0.05, 0) is 18.8 Å². The van der Waals surface area contributed by atoms with Gasteiger partial charge >= 0.3 is 0 Å². The zero-order chi connectivity index (χ0) is 15.8. The lowest BCUT2D eigenvalue weighted by molar-refractivity contribution is 0.0614. The lowest BCUT2D eigenvalue weighted by Crippen LogP contribution is -2.40. The molecule has 0 radical (unpaired) electrons. The fourth-order valence-corrected chi connectivity index (χ4v) is 3.69. The molecule has 0 spiro atoms. The Morgan fingerprint density at radius 2 is 2.26 bits per heavy atom. The third-order valence-electron chi connectivity index (χ3n) is 4.54. The Morgan fingerprint density at radius 3 is 3.00 bits per heavy atom. The summed E-state index contributed by atoms with van der Waals surface area (Å²) in [5.41, 5.74) is 4.39. The fourth-order valence-electron chi connectivity index (χ4n) is 3.16. The first-order chi connectivity index (χ1) is 11.2. The van der Waals surface area contributed by atoms with Gasteiger partial charge in [0.2, 0.25) is 0 Å². The number of hydrogen-bond donors (Lipinski definition) is 0. The van der Waals surface area contributed by atoms with E-state index >= 15 is 0 Å². The minimum Gasteiger partial charge on any atom is -0.380 e. The summed E-state index contributed by atoms with van der Waals surface area (Å²) in [5.74, 6) is 0.902. The maximum Gasteiger partial charge on any atom is 0.273 e. The molecule has 1 aliphatic carbocycles. The molecule has 2 aromatic rings. The van der Waals surface area contributed by atoms with Crippen molar-refractivity contribution in [2.75, 3.05) is 19.8 Å². The number of carbonyl (C=O) groups is 1. The van der Waals surface area contributed by atoms with Crippen molar-refractivity contribution in [3.05, 3.63) is 34.3 Å². The Bertz CT molecular complexity index is 693. The van der Waals surface area contributed by atoms with Gasteiger partial charge in [-0.15, -0.1) is 11.3 Å². The monoisotopic (exact) mass is 332 g/mol. The number of nitrogens with zero attached hydrogens (tertiary/aromatic N) is 4. The van der Waals surface area contributed by atoms with Crippen LogP contribution in [0.5, 0.6) is 0 Å². The number of amides is 1. The molecule has 1 amide bonds. The first-order valence-corrected chi connectivity index (χ1v) is 8.92. The summed E-state index contributed by atoms with van der Waals surface area (Å²) in [6.07, 6.45) is 4.40. The third-order valence-corrected chi connectivity index (χ3v) is 5.13. The minimum absolute atomic E-state index is 0.0188. The van der Waals surface area contributed by atoms with E-state index in [1.54, 1.807) is 10.9 Å². The number of fused-ring (bicyclic) bond motifs is 1. The average molecular weight is 332 g/mol. The van der Waals surface area contributed by atoms with Crippen molar-refractivity contribution in [1.82, 2.24) is 19.4 Å². The van der Waals surface area contributed by atoms with Crippen LogP contribution in [-0.4, -0.2) is 45.1 Å². The predicted octanol–water partition coefficient (Wildman–Crippen LogP) is 2.04. The Kier molecular flexibility index (Phi) is 3.90. The van der Waals surface area contributed by atoms with E-state index < -0.39 is 0 Å². The van der Waals surface area contributed by atoms with Crippen molar-refractivity contribution < 1.29 is 9.53 Å². The Hall–Kier alpha value is -1.73. The van der Waals surface area contributed by atoms with Crippen LogP contribution in [0.3, 0.4) is 0 Å². The van der Waals surface area contributed by atoms with Gasteiger partial charge in [0.1, 0.15) is 5.69 Å². The molecule has 2 aliphatic rings. The molecule has 6 nitrogen and oxygen atoms in total. The Morgan fingerprint density at radius 1 is 1.39 bits per heavy atom. The van der Waals surface area contributed by atoms with Gasteiger partial charge in [0, 0.05) is 37.2 Å². The molecule has 1 fully saturated rings.